The molecule has 1 heterocycles. The number of rotatable bonds is 9. The third-order valence-electron chi connectivity index (χ3n) is 5.11. The molecule has 3 aromatic rings. The molecule has 1 aromatic heterocycles. The summed E-state index contributed by atoms with van der Waals surface area (Å²) >= 11 is 9.74. The number of aromatic nitrogens is 3. The highest BCUT2D eigenvalue weighted by Gasteiger charge is 2.24. The molecule has 0 aliphatic heterocycles. The number of nitrogens with zero attached hydrogens (tertiary/aromatic N) is 3. The summed E-state index contributed by atoms with van der Waals surface area (Å²) in [5, 5.41) is 15.6. The maximum Gasteiger partial charge on any atom is 0.253 e. The minimum absolute atomic E-state index is 0.121. The Balaban J connectivity index is 1.69. The van der Waals surface area contributed by atoms with Gasteiger partial charge in [-0.25, -0.2) is 0 Å². The van der Waals surface area contributed by atoms with Crippen molar-refractivity contribution < 1.29 is 9.59 Å². The van der Waals surface area contributed by atoms with E-state index in [9.17, 15) is 9.59 Å². The van der Waals surface area contributed by atoms with E-state index in [1.807, 2.05) is 36.7 Å². The highest BCUT2D eigenvalue weighted by atomic mass is 127. The molecule has 1 atom stereocenters. The maximum atomic E-state index is 12.9. The minimum Gasteiger partial charge on any atom is -0.342 e. The highest BCUT2D eigenvalue weighted by Crippen LogP contribution is 2.25. The number of amides is 2. The van der Waals surface area contributed by atoms with Crippen LogP contribution >= 0.6 is 46.0 Å². The van der Waals surface area contributed by atoms with Gasteiger partial charge < -0.3 is 15.2 Å². The minimum atomic E-state index is -0.348. The fourth-order valence-corrected chi connectivity index (χ4v) is 5.01. The van der Waals surface area contributed by atoms with Crippen LogP contribution in [0.15, 0.2) is 47.6 Å². The normalized spacial score (nSPS) is 12.0. The number of hydrogen-bond acceptors (Lipinski definition) is 5. The molecule has 3 rings (SSSR count). The zero-order chi connectivity index (χ0) is 24.8. The molecular formula is C24H27ClIN5O2S. The van der Waals surface area contributed by atoms with Crippen molar-refractivity contribution >= 4 is 63.5 Å². The first-order chi connectivity index (χ1) is 16.2. The number of halogens is 2. The third kappa shape index (κ3) is 6.96. The molecule has 0 radical (unpaired) electrons. The average molecular weight is 612 g/mol. The lowest BCUT2D eigenvalue weighted by Gasteiger charge is -2.20. The molecule has 0 fully saturated rings. The number of carbonyl (C=O) groups is 2. The molecular weight excluding hydrogens is 585 g/mol. The second kappa shape index (κ2) is 12.0. The fourth-order valence-electron chi connectivity index (χ4n) is 3.42. The summed E-state index contributed by atoms with van der Waals surface area (Å²) in [6, 6.07) is 12.5. The number of nitrogens with one attached hydrogen (secondary N) is 2. The Hall–Kier alpha value is -2.11. The lowest BCUT2D eigenvalue weighted by molar-refractivity contribution is -0.113. The summed E-state index contributed by atoms with van der Waals surface area (Å²) in [4.78, 5) is 25.4. The van der Waals surface area contributed by atoms with Crippen molar-refractivity contribution in [2.75, 3.05) is 11.1 Å². The Morgan fingerprint density at radius 2 is 1.91 bits per heavy atom. The number of thioether (sulfide) groups is 1. The predicted molar refractivity (Wildman–Crippen MR) is 145 cm³/mol. The quantitative estimate of drug-likeness (QED) is 0.242. The number of aryl methyl sites for hydroxylation is 1. The topological polar surface area (TPSA) is 88.9 Å². The summed E-state index contributed by atoms with van der Waals surface area (Å²) in [7, 11) is 1.84. The van der Waals surface area contributed by atoms with Gasteiger partial charge in [0.25, 0.3) is 5.91 Å². The van der Waals surface area contributed by atoms with Crippen LogP contribution in [0.3, 0.4) is 0 Å². The number of anilines is 1. The van der Waals surface area contributed by atoms with Gasteiger partial charge in [-0.1, -0.05) is 49.3 Å². The lowest BCUT2D eigenvalue weighted by Crippen LogP contribution is -2.31. The largest absolute Gasteiger partial charge is 0.342 e. The molecule has 0 aliphatic rings. The Labute approximate surface area is 222 Å². The van der Waals surface area contributed by atoms with Crippen LogP contribution in [0, 0.1) is 16.4 Å². The van der Waals surface area contributed by atoms with Crippen LogP contribution in [-0.4, -0.2) is 32.3 Å². The predicted octanol–water partition coefficient (Wildman–Crippen LogP) is 5.63. The van der Waals surface area contributed by atoms with E-state index >= 15 is 0 Å². The molecule has 0 saturated heterocycles. The standard InChI is InChI=1S/C24H27ClIN5O2S/c1-14(2)11-20(28-23(33)17-7-5-6-8-18(17)25)22-29-30-24(31(22)4)34-13-21(32)27-19-10-9-16(26)12-15(19)3/h5-10,12,14,20H,11,13H2,1-4H3,(H,27,32)(H,28,33)/t20-/m1/s1. The van der Waals surface area contributed by atoms with Crippen molar-refractivity contribution in [2.24, 2.45) is 13.0 Å². The van der Waals surface area contributed by atoms with Gasteiger partial charge >= 0.3 is 0 Å². The van der Waals surface area contributed by atoms with E-state index in [-0.39, 0.29) is 23.6 Å². The summed E-state index contributed by atoms with van der Waals surface area (Å²) in [5.41, 5.74) is 2.22. The second-order valence-corrected chi connectivity index (χ2v) is 10.9. The second-order valence-electron chi connectivity index (χ2n) is 8.33. The van der Waals surface area contributed by atoms with E-state index in [0.717, 1.165) is 14.8 Å². The van der Waals surface area contributed by atoms with Gasteiger partial charge in [0.1, 0.15) is 0 Å². The van der Waals surface area contributed by atoms with Crippen molar-refractivity contribution in [3.05, 3.63) is 68.0 Å². The summed E-state index contributed by atoms with van der Waals surface area (Å²) in [6.45, 7) is 6.13. The molecule has 2 amide bonds. The molecule has 10 heteroatoms. The zero-order valence-electron chi connectivity index (χ0n) is 19.4. The Morgan fingerprint density at radius 3 is 2.59 bits per heavy atom. The number of carbonyl (C=O) groups excluding carboxylic acids is 2. The Morgan fingerprint density at radius 1 is 1.18 bits per heavy atom. The molecule has 180 valence electrons. The molecule has 0 spiro atoms. The van der Waals surface area contributed by atoms with Crippen LogP contribution < -0.4 is 10.6 Å². The Bertz CT molecular complexity index is 1180. The Kier molecular flexibility index (Phi) is 9.38. The molecule has 0 saturated carbocycles. The first-order valence-electron chi connectivity index (χ1n) is 10.8. The fraction of sp³-hybridized carbons (Fsp3) is 0.333. The SMILES string of the molecule is Cc1cc(I)ccc1NC(=O)CSc1nnc([C@@H](CC(C)C)NC(=O)c2ccccc2Cl)n1C. The zero-order valence-corrected chi connectivity index (χ0v) is 23.2. The van der Waals surface area contributed by atoms with Crippen LogP contribution in [0.4, 0.5) is 5.69 Å². The van der Waals surface area contributed by atoms with E-state index in [1.165, 1.54) is 11.8 Å². The average Bonchev–Trinajstić information content (AvgIpc) is 3.14. The van der Waals surface area contributed by atoms with Gasteiger partial charge in [0.2, 0.25) is 5.91 Å². The first kappa shape index (κ1) is 26.5. The van der Waals surface area contributed by atoms with Gasteiger partial charge in [0.05, 0.1) is 22.4 Å². The van der Waals surface area contributed by atoms with Crippen molar-refractivity contribution in [1.82, 2.24) is 20.1 Å². The summed E-state index contributed by atoms with van der Waals surface area (Å²) < 4.78 is 2.94. The summed E-state index contributed by atoms with van der Waals surface area (Å²) in [5.74, 6) is 0.751. The van der Waals surface area contributed by atoms with E-state index in [2.05, 4.69) is 57.3 Å². The van der Waals surface area contributed by atoms with Crippen molar-refractivity contribution in [3.8, 4) is 0 Å². The molecule has 7 nitrogen and oxygen atoms in total. The van der Waals surface area contributed by atoms with E-state index in [4.69, 9.17) is 11.6 Å². The van der Waals surface area contributed by atoms with E-state index in [0.29, 0.717) is 33.9 Å². The molecule has 0 aliphatic carbocycles. The number of benzene rings is 2. The molecule has 2 N–H and O–H groups in total. The van der Waals surface area contributed by atoms with Crippen LogP contribution in [0.2, 0.25) is 5.02 Å². The first-order valence-corrected chi connectivity index (χ1v) is 13.2. The van der Waals surface area contributed by atoms with Crippen LogP contribution in [0.5, 0.6) is 0 Å². The third-order valence-corrected chi connectivity index (χ3v) is 7.13. The van der Waals surface area contributed by atoms with Crippen LogP contribution in [0.25, 0.3) is 0 Å². The van der Waals surface area contributed by atoms with Crippen LogP contribution in [0.1, 0.15) is 48.1 Å². The van der Waals surface area contributed by atoms with Crippen molar-refractivity contribution in [2.45, 2.75) is 38.4 Å². The van der Waals surface area contributed by atoms with Crippen molar-refractivity contribution in [3.63, 3.8) is 0 Å². The lowest BCUT2D eigenvalue weighted by atomic mass is 10.0. The van der Waals surface area contributed by atoms with Gasteiger partial charge in [0.15, 0.2) is 11.0 Å². The number of hydrogen-bond donors (Lipinski definition) is 2. The maximum absolute atomic E-state index is 12.9. The van der Waals surface area contributed by atoms with E-state index < -0.39 is 0 Å². The van der Waals surface area contributed by atoms with Gasteiger partial charge in [-0.05, 0) is 77.7 Å². The van der Waals surface area contributed by atoms with E-state index in [1.54, 1.807) is 24.3 Å². The highest BCUT2D eigenvalue weighted by molar-refractivity contribution is 14.1. The monoisotopic (exact) mass is 611 g/mol. The summed E-state index contributed by atoms with van der Waals surface area (Å²) in [6.07, 6.45) is 0.680. The smallest absolute Gasteiger partial charge is 0.253 e. The van der Waals surface area contributed by atoms with Gasteiger partial charge in [-0.2, -0.15) is 0 Å². The van der Waals surface area contributed by atoms with Crippen LogP contribution in [-0.2, 0) is 11.8 Å². The van der Waals surface area contributed by atoms with Crippen molar-refractivity contribution in [1.29, 1.82) is 0 Å². The van der Waals surface area contributed by atoms with Gasteiger partial charge in [-0.15, -0.1) is 10.2 Å². The molecule has 0 bridgehead atoms. The molecule has 2 aromatic carbocycles. The molecule has 34 heavy (non-hydrogen) atoms. The molecule has 0 unspecified atom stereocenters. The van der Waals surface area contributed by atoms with Gasteiger partial charge in [-0.3, -0.25) is 9.59 Å². The van der Waals surface area contributed by atoms with Gasteiger partial charge in [0, 0.05) is 16.3 Å².